The standard InChI is InChI=1S/C18H30N4O4S/c1-2-21-27(23,24)17-8-10-22(14-17)18(20-13-16-6-4-12-26-16)19-9-7-15-5-3-11-25-15/h3,5,11,16-17,21H,2,4,6-10,12-14H2,1H3,(H,19,20). The second-order valence-electron chi connectivity index (χ2n) is 6.96. The summed E-state index contributed by atoms with van der Waals surface area (Å²) >= 11 is 0. The van der Waals surface area contributed by atoms with Crippen molar-refractivity contribution < 1.29 is 17.6 Å². The van der Waals surface area contributed by atoms with Gasteiger partial charge in [0, 0.05) is 39.2 Å². The van der Waals surface area contributed by atoms with Gasteiger partial charge in [0.1, 0.15) is 5.76 Å². The molecule has 0 aliphatic carbocycles. The van der Waals surface area contributed by atoms with Gasteiger partial charge in [0.15, 0.2) is 5.96 Å². The molecular weight excluding hydrogens is 368 g/mol. The monoisotopic (exact) mass is 398 g/mol. The number of rotatable bonds is 8. The molecule has 0 spiro atoms. The quantitative estimate of drug-likeness (QED) is 0.500. The zero-order valence-electron chi connectivity index (χ0n) is 15.9. The van der Waals surface area contributed by atoms with E-state index in [9.17, 15) is 8.42 Å². The molecule has 0 aromatic carbocycles. The summed E-state index contributed by atoms with van der Waals surface area (Å²) in [5, 5.41) is 2.97. The predicted molar refractivity (Wildman–Crippen MR) is 104 cm³/mol. The molecule has 2 saturated heterocycles. The van der Waals surface area contributed by atoms with Crippen LogP contribution in [-0.4, -0.2) is 70.0 Å². The van der Waals surface area contributed by atoms with E-state index in [0.29, 0.717) is 39.1 Å². The minimum Gasteiger partial charge on any atom is -0.469 e. The van der Waals surface area contributed by atoms with Gasteiger partial charge in [0.05, 0.1) is 24.2 Å². The lowest BCUT2D eigenvalue weighted by atomic mass is 10.2. The molecule has 0 bridgehead atoms. The molecule has 152 valence electrons. The van der Waals surface area contributed by atoms with Crippen LogP contribution < -0.4 is 10.0 Å². The molecule has 2 atom stereocenters. The zero-order chi connectivity index (χ0) is 19.1. The highest BCUT2D eigenvalue weighted by atomic mass is 32.2. The number of hydrogen-bond acceptors (Lipinski definition) is 5. The van der Waals surface area contributed by atoms with Gasteiger partial charge in [-0.05, 0) is 31.4 Å². The number of aliphatic imine (C=N–C) groups is 1. The molecule has 3 heterocycles. The predicted octanol–water partition coefficient (Wildman–Crippen LogP) is 0.960. The number of furan rings is 1. The van der Waals surface area contributed by atoms with Crippen LogP contribution in [0, 0.1) is 0 Å². The number of likely N-dealkylation sites (tertiary alicyclic amines) is 1. The number of ether oxygens (including phenoxy) is 1. The summed E-state index contributed by atoms with van der Waals surface area (Å²) in [6, 6.07) is 3.82. The maximum Gasteiger partial charge on any atom is 0.216 e. The molecule has 27 heavy (non-hydrogen) atoms. The van der Waals surface area contributed by atoms with E-state index in [4.69, 9.17) is 14.1 Å². The van der Waals surface area contributed by atoms with Crippen molar-refractivity contribution in [1.29, 1.82) is 0 Å². The molecule has 0 radical (unpaired) electrons. The maximum absolute atomic E-state index is 12.3. The lowest BCUT2D eigenvalue weighted by Crippen LogP contribution is -2.43. The summed E-state index contributed by atoms with van der Waals surface area (Å²) in [5.41, 5.74) is 0. The molecular formula is C18H30N4O4S. The summed E-state index contributed by atoms with van der Waals surface area (Å²) in [6.45, 7) is 5.42. The largest absolute Gasteiger partial charge is 0.469 e. The van der Waals surface area contributed by atoms with Crippen molar-refractivity contribution in [3.05, 3.63) is 24.2 Å². The maximum atomic E-state index is 12.3. The molecule has 2 aliphatic heterocycles. The fourth-order valence-corrected chi connectivity index (χ4v) is 4.92. The topological polar surface area (TPSA) is 96.2 Å². The molecule has 8 nitrogen and oxygen atoms in total. The number of guanidine groups is 1. The highest BCUT2D eigenvalue weighted by Gasteiger charge is 2.34. The van der Waals surface area contributed by atoms with Gasteiger partial charge in [-0.15, -0.1) is 0 Å². The zero-order valence-corrected chi connectivity index (χ0v) is 16.7. The minimum absolute atomic E-state index is 0.163. The van der Waals surface area contributed by atoms with E-state index in [-0.39, 0.29) is 6.10 Å². The Kier molecular flexibility index (Phi) is 7.14. The smallest absolute Gasteiger partial charge is 0.216 e. The van der Waals surface area contributed by atoms with Gasteiger partial charge in [0.2, 0.25) is 10.0 Å². The van der Waals surface area contributed by atoms with Gasteiger partial charge < -0.3 is 19.4 Å². The van der Waals surface area contributed by atoms with E-state index in [1.165, 1.54) is 0 Å². The molecule has 2 unspecified atom stereocenters. The van der Waals surface area contributed by atoms with Crippen LogP contribution in [0.4, 0.5) is 0 Å². The first-order valence-electron chi connectivity index (χ1n) is 9.74. The summed E-state index contributed by atoms with van der Waals surface area (Å²) in [5.74, 6) is 1.67. The molecule has 0 amide bonds. The van der Waals surface area contributed by atoms with Crippen molar-refractivity contribution >= 4 is 16.0 Å². The first-order chi connectivity index (χ1) is 13.1. The van der Waals surface area contributed by atoms with E-state index in [1.54, 1.807) is 13.2 Å². The Morgan fingerprint density at radius 1 is 1.41 bits per heavy atom. The molecule has 1 aromatic heterocycles. The molecule has 9 heteroatoms. The van der Waals surface area contributed by atoms with Crippen molar-refractivity contribution in [2.24, 2.45) is 4.99 Å². The van der Waals surface area contributed by atoms with Crippen molar-refractivity contribution in [1.82, 2.24) is 14.9 Å². The second kappa shape index (κ2) is 9.57. The number of nitrogens with zero attached hydrogens (tertiary/aromatic N) is 2. The molecule has 2 aliphatic rings. The van der Waals surface area contributed by atoms with Gasteiger partial charge in [-0.2, -0.15) is 0 Å². The molecule has 0 saturated carbocycles. The van der Waals surface area contributed by atoms with Gasteiger partial charge in [-0.3, -0.25) is 4.99 Å². The molecule has 1 aromatic rings. The van der Waals surface area contributed by atoms with Crippen LogP contribution >= 0.6 is 0 Å². The molecule has 3 rings (SSSR count). The van der Waals surface area contributed by atoms with Crippen LogP contribution in [-0.2, 0) is 21.2 Å². The number of nitrogens with one attached hydrogen (secondary N) is 2. The Balaban J connectivity index is 1.60. The minimum atomic E-state index is -3.28. The number of hydrogen-bond donors (Lipinski definition) is 2. The lowest BCUT2D eigenvalue weighted by Gasteiger charge is -2.22. The first-order valence-corrected chi connectivity index (χ1v) is 11.3. The third-order valence-corrected chi connectivity index (χ3v) is 6.89. The Hall–Kier alpha value is -1.58. The van der Waals surface area contributed by atoms with E-state index in [2.05, 4.69) is 10.0 Å². The fraction of sp³-hybridized carbons (Fsp3) is 0.722. The van der Waals surface area contributed by atoms with Crippen LogP contribution in [0.5, 0.6) is 0 Å². The van der Waals surface area contributed by atoms with Crippen molar-refractivity contribution in [2.75, 3.05) is 39.3 Å². The van der Waals surface area contributed by atoms with Gasteiger partial charge in [-0.25, -0.2) is 13.1 Å². The van der Waals surface area contributed by atoms with E-state index in [1.807, 2.05) is 17.0 Å². The Morgan fingerprint density at radius 2 is 2.30 bits per heavy atom. The number of sulfonamides is 1. The highest BCUT2D eigenvalue weighted by Crippen LogP contribution is 2.17. The van der Waals surface area contributed by atoms with E-state index in [0.717, 1.165) is 37.6 Å². The SMILES string of the molecule is CCNS(=O)(=O)C1CCN(C(=NCC2CCCO2)NCCc2ccco2)C1. The van der Waals surface area contributed by atoms with Crippen LogP contribution in [0.1, 0.15) is 31.9 Å². The summed E-state index contributed by atoms with van der Waals surface area (Å²) in [4.78, 5) is 6.77. The fourth-order valence-electron chi connectivity index (χ4n) is 3.49. The van der Waals surface area contributed by atoms with E-state index < -0.39 is 15.3 Å². The summed E-state index contributed by atoms with van der Waals surface area (Å²) in [7, 11) is -3.28. The molecule has 2 N–H and O–H groups in total. The van der Waals surface area contributed by atoms with Crippen molar-refractivity contribution in [2.45, 2.75) is 44.0 Å². The molecule has 2 fully saturated rings. The van der Waals surface area contributed by atoms with Crippen LogP contribution in [0.2, 0.25) is 0 Å². The third-order valence-electron chi connectivity index (χ3n) is 4.93. The van der Waals surface area contributed by atoms with Crippen molar-refractivity contribution in [3.8, 4) is 0 Å². The first kappa shape index (κ1) is 20.2. The lowest BCUT2D eigenvalue weighted by molar-refractivity contribution is 0.117. The van der Waals surface area contributed by atoms with Crippen LogP contribution in [0.25, 0.3) is 0 Å². The van der Waals surface area contributed by atoms with Crippen LogP contribution in [0.3, 0.4) is 0 Å². The van der Waals surface area contributed by atoms with Gasteiger partial charge in [0.25, 0.3) is 0 Å². The van der Waals surface area contributed by atoms with Crippen LogP contribution in [0.15, 0.2) is 27.8 Å². The second-order valence-corrected chi connectivity index (χ2v) is 9.00. The van der Waals surface area contributed by atoms with Gasteiger partial charge >= 0.3 is 0 Å². The normalized spacial score (nSPS) is 23.9. The average Bonchev–Trinajstić information content (AvgIpc) is 3.40. The summed E-state index contributed by atoms with van der Waals surface area (Å²) in [6.07, 6.45) is 5.29. The highest BCUT2D eigenvalue weighted by molar-refractivity contribution is 7.90. The van der Waals surface area contributed by atoms with E-state index >= 15 is 0 Å². The Labute approximate surface area is 161 Å². The van der Waals surface area contributed by atoms with Gasteiger partial charge in [-0.1, -0.05) is 6.92 Å². The Morgan fingerprint density at radius 3 is 3.00 bits per heavy atom. The Bertz CT molecular complexity index is 699. The van der Waals surface area contributed by atoms with Crippen molar-refractivity contribution in [3.63, 3.8) is 0 Å². The third kappa shape index (κ3) is 5.70. The average molecular weight is 399 g/mol. The summed E-state index contributed by atoms with van der Waals surface area (Å²) < 4.78 is 38.3.